The molecule has 0 radical (unpaired) electrons. The van der Waals surface area contributed by atoms with Crippen LogP contribution in [0.1, 0.15) is 58.8 Å². The molecule has 144 valence electrons. The number of carbonyl (C=O) groups excluding carboxylic acids is 2. The van der Waals surface area contributed by atoms with Crippen molar-refractivity contribution in [3.05, 3.63) is 12.2 Å². The van der Waals surface area contributed by atoms with Crippen molar-refractivity contribution in [2.75, 3.05) is 12.9 Å². The number of aliphatic hydroxyl groups excluding tert-OH is 1. The third kappa shape index (κ3) is 7.78. The smallest absolute Gasteiger partial charge is 0.242 e. The number of nitrogens with zero attached hydrogens (tertiary/aromatic N) is 1. The van der Waals surface area contributed by atoms with Crippen LogP contribution in [0, 0.1) is 5.92 Å². The van der Waals surface area contributed by atoms with Gasteiger partial charge in [-0.2, -0.15) is 0 Å². The molecule has 0 bridgehead atoms. The lowest BCUT2D eigenvalue weighted by Gasteiger charge is -2.30. The van der Waals surface area contributed by atoms with Gasteiger partial charge in [-0.1, -0.05) is 19.1 Å². The zero-order valence-electron chi connectivity index (χ0n) is 15.7. The number of carbonyl (C=O) groups is 2. The Balaban J connectivity index is 2.86. The Morgan fingerprint density at radius 1 is 1.28 bits per heavy atom. The first-order valence-electron chi connectivity index (χ1n) is 9.31. The van der Waals surface area contributed by atoms with Crippen molar-refractivity contribution in [1.29, 1.82) is 0 Å². The topological polar surface area (TPSA) is 69.6 Å². The van der Waals surface area contributed by atoms with E-state index in [1.165, 1.54) is 4.90 Å². The summed E-state index contributed by atoms with van der Waals surface area (Å²) in [6.45, 7) is 3.84. The van der Waals surface area contributed by atoms with E-state index in [9.17, 15) is 14.7 Å². The van der Waals surface area contributed by atoms with Gasteiger partial charge in [-0.3, -0.25) is 9.59 Å². The summed E-state index contributed by atoms with van der Waals surface area (Å²) in [6, 6.07) is -0.969. The second-order valence-electron chi connectivity index (χ2n) is 7.15. The van der Waals surface area contributed by atoms with Crippen molar-refractivity contribution in [2.24, 2.45) is 5.92 Å². The first-order valence-corrected chi connectivity index (χ1v) is 9.85. The largest absolute Gasteiger partial charge is 0.390 e. The fourth-order valence-corrected chi connectivity index (χ4v) is 3.21. The Labute approximate surface area is 156 Å². The molecule has 6 heteroatoms. The van der Waals surface area contributed by atoms with Gasteiger partial charge in [0.1, 0.15) is 6.04 Å². The number of amides is 2. The molecule has 25 heavy (non-hydrogen) atoms. The molecule has 1 aliphatic rings. The van der Waals surface area contributed by atoms with Gasteiger partial charge in [0.05, 0.1) is 18.0 Å². The van der Waals surface area contributed by atoms with E-state index in [1.807, 2.05) is 0 Å². The van der Waals surface area contributed by atoms with Crippen LogP contribution in [0.5, 0.6) is 0 Å². The first kappa shape index (κ1) is 22.0. The number of allylic oxidation sites excluding steroid dienone is 2. The van der Waals surface area contributed by atoms with Gasteiger partial charge in [0, 0.05) is 13.5 Å². The maximum atomic E-state index is 12.5. The van der Waals surface area contributed by atoms with E-state index in [0.29, 0.717) is 18.8 Å². The average molecular weight is 373 g/mol. The lowest BCUT2D eigenvalue weighted by molar-refractivity contribution is -0.139. The minimum absolute atomic E-state index is 0.0264. The maximum absolute atomic E-state index is 12.5. The summed E-state index contributed by atoms with van der Waals surface area (Å²) >= 11 is 5.80. The van der Waals surface area contributed by atoms with Crippen LogP contribution in [0.25, 0.3) is 0 Å². The van der Waals surface area contributed by atoms with E-state index in [4.69, 9.17) is 11.6 Å². The minimum atomic E-state index is -0.796. The molecule has 5 nitrogen and oxygen atoms in total. The van der Waals surface area contributed by atoms with Crippen LogP contribution in [-0.4, -0.2) is 52.9 Å². The average Bonchev–Trinajstić information content (AvgIpc) is 2.60. The molecular formula is C19H33ClN2O3. The van der Waals surface area contributed by atoms with Gasteiger partial charge in [0.2, 0.25) is 11.8 Å². The van der Waals surface area contributed by atoms with Crippen LogP contribution < -0.4 is 5.32 Å². The third-order valence-electron chi connectivity index (χ3n) is 4.96. The zero-order chi connectivity index (χ0) is 18.8. The molecule has 2 unspecified atom stereocenters. The van der Waals surface area contributed by atoms with E-state index in [2.05, 4.69) is 24.4 Å². The van der Waals surface area contributed by atoms with E-state index in [-0.39, 0.29) is 17.7 Å². The fourth-order valence-electron chi connectivity index (χ4n) is 3.00. The van der Waals surface area contributed by atoms with Gasteiger partial charge >= 0.3 is 0 Å². The Bertz CT molecular complexity index is 456. The Hall–Kier alpha value is -1.07. The van der Waals surface area contributed by atoms with Crippen molar-refractivity contribution in [2.45, 2.75) is 77.0 Å². The number of halogens is 1. The van der Waals surface area contributed by atoms with Gasteiger partial charge in [-0.05, 0) is 51.4 Å². The quantitative estimate of drug-likeness (QED) is 0.578. The highest BCUT2D eigenvalue weighted by Gasteiger charge is 2.28. The van der Waals surface area contributed by atoms with Crippen molar-refractivity contribution < 1.29 is 14.7 Å². The molecule has 0 aliphatic carbocycles. The van der Waals surface area contributed by atoms with Crippen molar-refractivity contribution in [1.82, 2.24) is 10.2 Å². The lowest BCUT2D eigenvalue weighted by atomic mass is 9.94. The summed E-state index contributed by atoms with van der Waals surface area (Å²) in [5.74, 6) is 0.155. The summed E-state index contributed by atoms with van der Waals surface area (Å²) in [4.78, 5) is 26.3. The first-order chi connectivity index (χ1) is 11.9. The van der Waals surface area contributed by atoms with Crippen LogP contribution in [0.3, 0.4) is 0 Å². The summed E-state index contributed by atoms with van der Waals surface area (Å²) < 4.78 is 0. The van der Waals surface area contributed by atoms with Crippen LogP contribution >= 0.6 is 11.6 Å². The van der Waals surface area contributed by atoms with E-state index in [1.54, 1.807) is 14.0 Å². The number of nitrogens with one attached hydrogen (secondary N) is 1. The van der Waals surface area contributed by atoms with Crippen LogP contribution in [0.2, 0.25) is 0 Å². The standard InChI is InChI=1S/C19H33ClN2O3/c1-14-10-8-6-4-5-7-9-11-18(24)22(3)15(2)19(25)21-16(12-14)17(23)13-20/h4,6,14-17,23H,5,7-13H2,1-3H3,(H,21,25)/t14-,15+,16?,17?/m1/s1. The van der Waals surface area contributed by atoms with Crippen LogP contribution in [0.4, 0.5) is 0 Å². The second-order valence-corrected chi connectivity index (χ2v) is 7.46. The lowest BCUT2D eigenvalue weighted by Crippen LogP contribution is -2.52. The molecule has 0 aromatic carbocycles. The highest BCUT2D eigenvalue weighted by molar-refractivity contribution is 6.18. The summed E-state index contributed by atoms with van der Waals surface area (Å²) in [5.41, 5.74) is 0. The number of rotatable bonds is 2. The predicted molar refractivity (Wildman–Crippen MR) is 102 cm³/mol. The molecule has 0 spiro atoms. The molecular weight excluding hydrogens is 340 g/mol. The Morgan fingerprint density at radius 2 is 1.96 bits per heavy atom. The van der Waals surface area contributed by atoms with E-state index in [0.717, 1.165) is 32.1 Å². The molecule has 4 atom stereocenters. The Morgan fingerprint density at radius 3 is 2.64 bits per heavy atom. The third-order valence-corrected chi connectivity index (χ3v) is 5.28. The van der Waals surface area contributed by atoms with Crippen molar-refractivity contribution in [3.63, 3.8) is 0 Å². The van der Waals surface area contributed by atoms with Crippen LogP contribution in [0.15, 0.2) is 12.2 Å². The number of hydrogen-bond acceptors (Lipinski definition) is 3. The van der Waals surface area contributed by atoms with Gasteiger partial charge in [0.25, 0.3) is 0 Å². The van der Waals surface area contributed by atoms with Crippen molar-refractivity contribution in [3.8, 4) is 0 Å². The highest BCUT2D eigenvalue weighted by atomic mass is 35.5. The molecule has 0 saturated heterocycles. The monoisotopic (exact) mass is 372 g/mol. The molecule has 2 amide bonds. The number of likely N-dealkylation sites (N-methyl/N-ethyl adjacent to an activating group) is 1. The summed E-state index contributed by atoms with van der Waals surface area (Å²) in [5, 5.41) is 13.1. The molecule has 1 rings (SSSR count). The highest BCUT2D eigenvalue weighted by Crippen LogP contribution is 2.17. The normalized spacial score (nSPS) is 29.3. The minimum Gasteiger partial charge on any atom is -0.390 e. The molecule has 2 N–H and O–H groups in total. The molecule has 0 aromatic rings. The van der Waals surface area contributed by atoms with Gasteiger partial charge in [-0.25, -0.2) is 0 Å². The molecule has 0 saturated carbocycles. The fraction of sp³-hybridized carbons (Fsp3) is 0.789. The molecule has 1 aliphatic heterocycles. The number of hydrogen-bond donors (Lipinski definition) is 2. The molecule has 0 aromatic heterocycles. The summed E-state index contributed by atoms with van der Waals surface area (Å²) in [7, 11) is 1.66. The van der Waals surface area contributed by atoms with Gasteiger partial charge in [-0.15, -0.1) is 11.6 Å². The maximum Gasteiger partial charge on any atom is 0.242 e. The number of aliphatic hydroxyl groups is 1. The van der Waals surface area contributed by atoms with Gasteiger partial charge < -0.3 is 15.3 Å². The van der Waals surface area contributed by atoms with Crippen LogP contribution in [-0.2, 0) is 9.59 Å². The predicted octanol–water partition coefficient (Wildman–Crippen LogP) is 2.85. The van der Waals surface area contributed by atoms with E-state index < -0.39 is 18.2 Å². The van der Waals surface area contributed by atoms with Gasteiger partial charge in [0.15, 0.2) is 0 Å². The SMILES string of the molecule is C[C@@H]1CCC=CCCCCC(=O)N(C)[C@@H](C)C(=O)NC(C(O)CCl)C1. The summed E-state index contributed by atoms with van der Waals surface area (Å²) in [6.07, 6.45) is 9.46. The molecule has 0 fully saturated rings. The number of alkyl halides is 1. The zero-order valence-corrected chi connectivity index (χ0v) is 16.5. The van der Waals surface area contributed by atoms with Crippen molar-refractivity contribution >= 4 is 23.4 Å². The second kappa shape index (κ2) is 11.5. The van der Waals surface area contributed by atoms with E-state index >= 15 is 0 Å². The molecule has 1 heterocycles. The Kier molecular flexibility index (Phi) is 10.1.